The van der Waals surface area contributed by atoms with Gasteiger partial charge in [0.25, 0.3) is 0 Å². The second-order valence-electron chi connectivity index (χ2n) is 9.26. The summed E-state index contributed by atoms with van der Waals surface area (Å²) >= 11 is 0. The molecule has 0 aromatic heterocycles. The van der Waals surface area contributed by atoms with Crippen LogP contribution in [0.2, 0.25) is 0 Å². The van der Waals surface area contributed by atoms with Gasteiger partial charge in [0.1, 0.15) is 11.9 Å². The number of methoxy groups -OCH3 is 1. The summed E-state index contributed by atoms with van der Waals surface area (Å²) in [6, 6.07) is 12.1. The molecular weight excluding hydrogens is 448 g/mol. The largest absolute Gasteiger partial charge is 0.481 e. The number of benzene rings is 2. The normalized spacial score (nSPS) is 16.4. The van der Waals surface area contributed by atoms with Crippen LogP contribution in [-0.2, 0) is 4.74 Å². The van der Waals surface area contributed by atoms with E-state index in [1.807, 2.05) is 24.3 Å². The summed E-state index contributed by atoms with van der Waals surface area (Å²) in [6.45, 7) is 16.7. The summed E-state index contributed by atoms with van der Waals surface area (Å²) < 4.78 is 11.9. The third kappa shape index (κ3) is 4.43. The van der Waals surface area contributed by atoms with Crippen LogP contribution in [0, 0.1) is 6.92 Å². The highest BCUT2D eigenvalue weighted by Gasteiger charge is 2.33. The average Bonchev–Trinajstić information content (AvgIpc) is 2.89. The SMILES string of the molecule is CCN(CC)C1=CC2Oc3cc(N(CC)CC)c(C)cc3C(c3ccccc3C(=O)OC)=C2C=C1C. The zero-order chi connectivity index (χ0) is 26.0. The monoisotopic (exact) mass is 486 g/mol. The molecular formula is C31H38N2O3. The van der Waals surface area contributed by atoms with Crippen molar-refractivity contribution in [2.45, 2.75) is 47.6 Å². The van der Waals surface area contributed by atoms with Crippen LogP contribution in [0.3, 0.4) is 0 Å². The molecule has 0 amide bonds. The maximum atomic E-state index is 12.8. The molecule has 1 heterocycles. The number of nitrogens with zero attached hydrogens (tertiary/aromatic N) is 2. The zero-order valence-corrected chi connectivity index (χ0v) is 22.6. The predicted octanol–water partition coefficient (Wildman–Crippen LogP) is 6.38. The van der Waals surface area contributed by atoms with Gasteiger partial charge in [-0.05, 0) is 82.5 Å². The minimum atomic E-state index is -0.337. The van der Waals surface area contributed by atoms with Crippen molar-refractivity contribution in [3.05, 3.63) is 87.6 Å². The van der Waals surface area contributed by atoms with E-state index in [1.54, 1.807) is 0 Å². The van der Waals surface area contributed by atoms with E-state index in [1.165, 1.54) is 29.6 Å². The standard InChI is InChI=1S/C31H38N2O3/c1-8-32(9-2)26-18-28-24(16-20(26)5)30(22-14-12-13-15-23(22)31(34)35-7)25-17-21(6)27(19-29(25)36-28)33(10-3)11-4/h12-19,28H,8-11H2,1-7H3. The third-order valence-electron chi connectivity index (χ3n) is 7.31. The van der Waals surface area contributed by atoms with Crippen LogP contribution in [0.25, 0.3) is 5.57 Å². The minimum absolute atomic E-state index is 0.246. The van der Waals surface area contributed by atoms with E-state index in [9.17, 15) is 4.79 Å². The molecule has 0 N–H and O–H groups in total. The van der Waals surface area contributed by atoms with Crippen molar-refractivity contribution >= 4 is 17.2 Å². The molecule has 190 valence electrons. The van der Waals surface area contributed by atoms with Gasteiger partial charge in [0.05, 0.1) is 12.7 Å². The maximum Gasteiger partial charge on any atom is 0.338 e. The van der Waals surface area contributed by atoms with Gasteiger partial charge in [-0.1, -0.05) is 18.2 Å². The van der Waals surface area contributed by atoms with E-state index in [-0.39, 0.29) is 12.1 Å². The van der Waals surface area contributed by atoms with Gasteiger partial charge in [-0.15, -0.1) is 0 Å². The number of fused-ring (bicyclic) bond motifs is 2. The second-order valence-corrected chi connectivity index (χ2v) is 9.26. The highest BCUT2D eigenvalue weighted by Crippen LogP contribution is 2.46. The Morgan fingerprint density at radius 2 is 1.61 bits per heavy atom. The smallest absolute Gasteiger partial charge is 0.338 e. The summed E-state index contributed by atoms with van der Waals surface area (Å²) in [4.78, 5) is 17.5. The fourth-order valence-corrected chi connectivity index (χ4v) is 5.44. The number of rotatable bonds is 8. The molecule has 2 aromatic carbocycles. The van der Waals surface area contributed by atoms with E-state index < -0.39 is 0 Å². The molecule has 1 aliphatic carbocycles. The molecule has 2 aromatic rings. The molecule has 0 saturated carbocycles. The third-order valence-corrected chi connectivity index (χ3v) is 7.31. The quantitative estimate of drug-likeness (QED) is 0.405. The van der Waals surface area contributed by atoms with Gasteiger partial charge >= 0.3 is 5.97 Å². The Kier molecular flexibility index (Phi) is 7.58. The summed E-state index contributed by atoms with van der Waals surface area (Å²) in [5, 5.41) is 0. The first kappa shape index (κ1) is 25.6. The van der Waals surface area contributed by atoms with Crippen LogP contribution in [-0.4, -0.2) is 50.3 Å². The zero-order valence-electron chi connectivity index (χ0n) is 22.6. The van der Waals surface area contributed by atoms with E-state index in [4.69, 9.17) is 9.47 Å². The average molecular weight is 487 g/mol. The first-order valence-corrected chi connectivity index (χ1v) is 13.0. The Balaban J connectivity index is 2.01. The van der Waals surface area contributed by atoms with Gasteiger partial charge in [0.15, 0.2) is 0 Å². The summed E-state index contributed by atoms with van der Waals surface area (Å²) in [5.41, 5.74) is 9.30. The Labute approximate surface area is 215 Å². The van der Waals surface area contributed by atoms with E-state index in [0.29, 0.717) is 5.56 Å². The molecule has 0 radical (unpaired) electrons. The molecule has 36 heavy (non-hydrogen) atoms. The molecule has 0 saturated heterocycles. The fourth-order valence-electron chi connectivity index (χ4n) is 5.44. The minimum Gasteiger partial charge on any atom is -0.481 e. The molecule has 5 heteroatoms. The molecule has 1 aliphatic heterocycles. The van der Waals surface area contributed by atoms with E-state index in [2.05, 4.69) is 75.6 Å². The Morgan fingerprint density at radius 3 is 2.25 bits per heavy atom. The number of allylic oxidation sites excluding steroid dienone is 1. The highest BCUT2D eigenvalue weighted by atomic mass is 16.5. The number of esters is 1. The van der Waals surface area contributed by atoms with Crippen LogP contribution in [0.1, 0.15) is 61.7 Å². The molecule has 2 aliphatic rings. The number of ether oxygens (including phenoxy) is 2. The van der Waals surface area contributed by atoms with Gasteiger partial charge in [0, 0.05) is 60.3 Å². The lowest BCUT2D eigenvalue weighted by Gasteiger charge is -2.36. The number of hydrogen-bond acceptors (Lipinski definition) is 5. The van der Waals surface area contributed by atoms with Crippen molar-refractivity contribution in [1.82, 2.24) is 4.90 Å². The number of likely N-dealkylation sites (N-methyl/N-ethyl adjacent to an activating group) is 1. The van der Waals surface area contributed by atoms with Gasteiger partial charge in [-0.2, -0.15) is 0 Å². The van der Waals surface area contributed by atoms with Gasteiger partial charge in [0.2, 0.25) is 0 Å². The highest BCUT2D eigenvalue weighted by molar-refractivity contribution is 6.00. The Bertz CT molecular complexity index is 1250. The molecule has 0 fully saturated rings. The molecule has 1 unspecified atom stereocenters. The Morgan fingerprint density at radius 1 is 0.944 bits per heavy atom. The maximum absolute atomic E-state index is 12.8. The van der Waals surface area contributed by atoms with Crippen molar-refractivity contribution in [3.63, 3.8) is 0 Å². The van der Waals surface area contributed by atoms with Crippen molar-refractivity contribution in [3.8, 4) is 5.75 Å². The van der Waals surface area contributed by atoms with Crippen LogP contribution < -0.4 is 9.64 Å². The lowest BCUT2D eigenvalue weighted by atomic mass is 9.82. The van der Waals surface area contributed by atoms with E-state index in [0.717, 1.165) is 54.2 Å². The molecule has 5 nitrogen and oxygen atoms in total. The van der Waals surface area contributed by atoms with Gasteiger partial charge in [-0.25, -0.2) is 4.79 Å². The molecule has 0 bridgehead atoms. The second kappa shape index (κ2) is 10.7. The van der Waals surface area contributed by atoms with Crippen LogP contribution in [0.15, 0.2) is 65.4 Å². The van der Waals surface area contributed by atoms with Crippen LogP contribution >= 0.6 is 0 Å². The first-order chi connectivity index (χ1) is 17.4. The number of carbonyl (C=O) groups excluding carboxylic acids is 1. The van der Waals surface area contributed by atoms with Gasteiger partial charge < -0.3 is 19.3 Å². The number of anilines is 1. The summed E-state index contributed by atoms with van der Waals surface area (Å²) in [7, 11) is 1.43. The topological polar surface area (TPSA) is 42.0 Å². The molecule has 4 rings (SSSR count). The van der Waals surface area contributed by atoms with Crippen molar-refractivity contribution in [1.29, 1.82) is 0 Å². The lowest BCUT2D eigenvalue weighted by Crippen LogP contribution is -2.31. The summed E-state index contributed by atoms with van der Waals surface area (Å²) in [6.07, 6.45) is 4.22. The van der Waals surface area contributed by atoms with Crippen LogP contribution in [0.5, 0.6) is 5.75 Å². The van der Waals surface area contributed by atoms with Crippen molar-refractivity contribution in [2.75, 3.05) is 38.2 Å². The lowest BCUT2D eigenvalue weighted by molar-refractivity contribution is 0.0600. The van der Waals surface area contributed by atoms with Gasteiger partial charge in [-0.3, -0.25) is 0 Å². The Hall–Kier alpha value is -3.47. The number of carbonyl (C=O) groups is 1. The predicted molar refractivity (Wildman–Crippen MR) is 148 cm³/mol. The van der Waals surface area contributed by atoms with E-state index >= 15 is 0 Å². The number of aryl methyl sites for hydroxylation is 1. The van der Waals surface area contributed by atoms with Crippen molar-refractivity contribution in [2.24, 2.45) is 0 Å². The summed E-state index contributed by atoms with van der Waals surface area (Å²) in [5.74, 6) is 0.504. The van der Waals surface area contributed by atoms with Crippen molar-refractivity contribution < 1.29 is 14.3 Å². The molecule has 0 spiro atoms. The molecule has 1 atom stereocenters. The van der Waals surface area contributed by atoms with Crippen LogP contribution in [0.4, 0.5) is 5.69 Å². The fraction of sp³-hybridized carbons (Fsp3) is 0.387. The first-order valence-electron chi connectivity index (χ1n) is 13.0. The number of hydrogen-bond donors (Lipinski definition) is 0.